The first-order valence-electron chi connectivity index (χ1n) is 5.19. The Morgan fingerprint density at radius 2 is 2.22 bits per heavy atom. The average Bonchev–Trinajstić information content (AvgIpc) is 2.73. The van der Waals surface area contributed by atoms with Crippen LogP contribution < -0.4 is 5.32 Å². The van der Waals surface area contributed by atoms with E-state index in [9.17, 15) is 4.79 Å². The number of nitrogens with zero attached hydrogens (tertiary/aromatic N) is 3. The van der Waals surface area contributed by atoms with E-state index in [4.69, 9.17) is 12.2 Å². The van der Waals surface area contributed by atoms with E-state index in [1.165, 1.54) is 17.9 Å². The maximum Gasteiger partial charge on any atom is 0.221 e. The lowest BCUT2D eigenvalue weighted by Crippen LogP contribution is -2.05. The van der Waals surface area contributed by atoms with Crippen molar-refractivity contribution in [3.63, 3.8) is 0 Å². The van der Waals surface area contributed by atoms with E-state index in [1.807, 2.05) is 12.1 Å². The summed E-state index contributed by atoms with van der Waals surface area (Å²) in [7, 11) is 0. The van der Waals surface area contributed by atoms with E-state index in [0.29, 0.717) is 4.77 Å². The fourth-order valence-electron chi connectivity index (χ4n) is 1.31. The Balaban J connectivity index is 2.11. The van der Waals surface area contributed by atoms with Crippen molar-refractivity contribution < 1.29 is 4.79 Å². The zero-order valence-electron chi connectivity index (χ0n) is 9.62. The van der Waals surface area contributed by atoms with E-state index in [1.54, 1.807) is 18.3 Å². The molecule has 2 aromatic rings. The normalized spacial score (nSPS) is 10.7. The van der Waals surface area contributed by atoms with Crippen molar-refractivity contribution in [3.05, 3.63) is 40.9 Å². The average molecular weight is 261 g/mol. The van der Waals surface area contributed by atoms with Crippen LogP contribution in [0.4, 0.5) is 5.69 Å². The Hall–Kier alpha value is -2.28. The molecule has 1 aromatic heterocycles. The fourth-order valence-corrected chi connectivity index (χ4v) is 1.46. The molecule has 92 valence electrons. The number of nitrogens with one attached hydrogen (secondary N) is 2. The Labute approximate surface area is 108 Å². The molecule has 1 amide bonds. The number of rotatable bonds is 3. The van der Waals surface area contributed by atoms with Gasteiger partial charge in [-0.15, -0.1) is 0 Å². The highest BCUT2D eigenvalue weighted by atomic mass is 32.1. The lowest BCUT2D eigenvalue weighted by molar-refractivity contribution is -0.114. The SMILES string of the molecule is CC(=O)Nc1ccc(/C=N/n2cn[nH]c2=S)cc1. The van der Waals surface area contributed by atoms with Crippen molar-refractivity contribution in [1.82, 2.24) is 14.9 Å². The molecule has 2 rings (SSSR count). The summed E-state index contributed by atoms with van der Waals surface area (Å²) < 4.78 is 1.89. The molecular weight excluding hydrogens is 250 g/mol. The van der Waals surface area contributed by atoms with E-state index in [2.05, 4.69) is 20.6 Å². The molecular formula is C11H11N5OS. The van der Waals surface area contributed by atoms with Crippen LogP contribution in [-0.4, -0.2) is 27.0 Å². The molecule has 2 N–H and O–H groups in total. The topological polar surface area (TPSA) is 75.1 Å². The quantitative estimate of drug-likeness (QED) is 0.653. The molecule has 0 spiro atoms. The van der Waals surface area contributed by atoms with Crippen molar-refractivity contribution in [3.8, 4) is 0 Å². The molecule has 0 bridgehead atoms. The predicted molar refractivity (Wildman–Crippen MR) is 71.1 cm³/mol. The van der Waals surface area contributed by atoms with Gasteiger partial charge >= 0.3 is 0 Å². The second-order valence-electron chi connectivity index (χ2n) is 3.55. The van der Waals surface area contributed by atoms with Gasteiger partial charge in [-0.1, -0.05) is 12.1 Å². The molecule has 0 saturated carbocycles. The highest BCUT2D eigenvalue weighted by Gasteiger charge is 1.95. The van der Waals surface area contributed by atoms with Gasteiger partial charge in [0.2, 0.25) is 10.7 Å². The van der Waals surface area contributed by atoms with Gasteiger partial charge in [-0.05, 0) is 29.9 Å². The fraction of sp³-hybridized carbons (Fsp3) is 0.0909. The minimum absolute atomic E-state index is 0.0962. The van der Waals surface area contributed by atoms with E-state index in [0.717, 1.165) is 11.3 Å². The van der Waals surface area contributed by atoms with Gasteiger partial charge in [-0.3, -0.25) is 9.89 Å². The molecule has 0 fully saturated rings. The molecule has 0 atom stereocenters. The lowest BCUT2D eigenvalue weighted by Gasteiger charge is -2.01. The summed E-state index contributed by atoms with van der Waals surface area (Å²) in [6.45, 7) is 1.47. The smallest absolute Gasteiger partial charge is 0.221 e. The first kappa shape index (κ1) is 12.2. The van der Waals surface area contributed by atoms with Crippen LogP contribution >= 0.6 is 12.2 Å². The molecule has 0 saturated heterocycles. The van der Waals surface area contributed by atoms with Crippen molar-refractivity contribution in [1.29, 1.82) is 0 Å². The maximum atomic E-state index is 10.9. The summed E-state index contributed by atoms with van der Waals surface area (Å²) in [6, 6.07) is 7.30. The summed E-state index contributed by atoms with van der Waals surface area (Å²) in [5.74, 6) is -0.0962. The van der Waals surface area contributed by atoms with Gasteiger partial charge < -0.3 is 5.32 Å². The standard InChI is InChI=1S/C11H11N5OS/c1-8(17)14-10-4-2-9(3-5-10)6-13-16-7-12-15-11(16)18/h2-7H,1H3,(H,14,17)(H,15,18)/b13-6+. The predicted octanol–water partition coefficient (Wildman–Crippen LogP) is 1.78. The van der Waals surface area contributed by atoms with E-state index < -0.39 is 0 Å². The van der Waals surface area contributed by atoms with E-state index >= 15 is 0 Å². The first-order chi connectivity index (χ1) is 8.65. The summed E-state index contributed by atoms with van der Waals surface area (Å²) in [5.41, 5.74) is 1.65. The largest absolute Gasteiger partial charge is 0.326 e. The number of benzene rings is 1. The molecule has 0 aliphatic carbocycles. The van der Waals surface area contributed by atoms with Crippen LogP contribution in [0.25, 0.3) is 0 Å². The minimum atomic E-state index is -0.0962. The number of hydrogen-bond acceptors (Lipinski definition) is 4. The summed E-state index contributed by atoms with van der Waals surface area (Å²) in [4.78, 5) is 10.9. The number of anilines is 1. The molecule has 0 aliphatic rings. The van der Waals surface area contributed by atoms with Crippen LogP contribution in [0.3, 0.4) is 0 Å². The summed E-state index contributed by atoms with van der Waals surface area (Å²) >= 11 is 4.95. The Bertz CT molecular complexity index is 625. The van der Waals surface area contributed by atoms with Gasteiger partial charge in [0.05, 0.1) is 6.21 Å². The third-order valence-electron chi connectivity index (χ3n) is 2.10. The van der Waals surface area contributed by atoms with Gasteiger partial charge in [0, 0.05) is 12.6 Å². The number of carbonyl (C=O) groups excluding carboxylic acids is 1. The number of amides is 1. The zero-order chi connectivity index (χ0) is 13.0. The van der Waals surface area contributed by atoms with Crippen LogP contribution in [0.5, 0.6) is 0 Å². The number of H-pyrrole nitrogens is 1. The molecule has 0 aliphatic heterocycles. The first-order valence-corrected chi connectivity index (χ1v) is 5.60. The van der Waals surface area contributed by atoms with Crippen molar-refractivity contribution in [2.75, 3.05) is 5.32 Å². The van der Waals surface area contributed by atoms with Gasteiger partial charge in [0.25, 0.3) is 0 Å². The van der Waals surface area contributed by atoms with Crippen molar-refractivity contribution >= 4 is 30.0 Å². The second-order valence-corrected chi connectivity index (χ2v) is 3.94. The van der Waals surface area contributed by atoms with Crippen LogP contribution in [0.1, 0.15) is 12.5 Å². The Morgan fingerprint density at radius 3 is 2.78 bits per heavy atom. The summed E-state index contributed by atoms with van der Waals surface area (Å²) in [5, 5.41) is 13.2. The monoisotopic (exact) mass is 261 g/mol. The maximum absolute atomic E-state index is 10.9. The highest BCUT2D eigenvalue weighted by molar-refractivity contribution is 7.71. The van der Waals surface area contributed by atoms with Crippen molar-refractivity contribution in [2.24, 2.45) is 5.10 Å². The van der Waals surface area contributed by atoms with E-state index in [-0.39, 0.29) is 5.91 Å². The number of hydrogen-bond donors (Lipinski definition) is 2. The van der Waals surface area contributed by atoms with Crippen LogP contribution in [-0.2, 0) is 4.79 Å². The number of aromatic amines is 1. The number of aromatic nitrogens is 3. The lowest BCUT2D eigenvalue weighted by atomic mass is 10.2. The van der Waals surface area contributed by atoms with Gasteiger partial charge in [-0.2, -0.15) is 14.9 Å². The molecule has 18 heavy (non-hydrogen) atoms. The van der Waals surface area contributed by atoms with Crippen LogP contribution in [0.15, 0.2) is 35.7 Å². The van der Waals surface area contributed by atoms with Crippen LogP contribution in [0.2, 0.25) is 0 Å². The number of carbonyl (C=O) groups is 1. The molecule has 7 heteroatoms. The van der Waals surface area contributed by atoms with Gasteiger partial charge in [0.15, 0.2) is 0 Å². The van der Waals surface area contributed by atoms with Crippen LogP contribution in [0, 0.1) is 4.77 Å². The summed E-state index contributed by atoms with van der Waals surface area (Å²) in [6.07, 6.45) is 3.15. The minimum Gasteiger partial charge on any atom is -0.326 e. The highest BCUT2D eigenvalue weighted by Crippen LogP contribution is 2.08. The third kappa shape index (κ3) is 3.11. The van der Waals surface area contributed by atoms with Gasteiger partial charge in [-0.25, -0.2) is 0 Å². The zero-order valence-corrected chi connectivity index (χ0v) is 10.4. The van der Waals surface area contributed by atoms with Gasteiger partial charge in [0.1, 0.15) is 6.33 Å². The third-order valence-corrected chi connectivity index (χ3v) is 2.38. The molecule has 6 nitrogen and oxygen atoms in total. The molecule has 1 aromatic carbocycles. The molecule has 0 unspecified atom stereocenters. The second kappa shape index (κ2) is 5.37. The Morgan fingerprint density at radius 1 is 1.50 bits per heavy atom. The molecule has 0 radical (unpaired) electrons. The molecule has 1 heterocycles. The van der Waals surface area contributed by atoms with Crippen molar-refractivity contribution in [2.45, 2.75) is 6.92 Å². The Kier molecular flexibility index (Phi) is 3.63.